The Morgan fingerprint density at radius 3 is 1.64 bits per heavy atom. The van der Waals surface area contributed by atoms with Crippen molar-refractivity contribution in [1.29, 1.82) is 0 Å². The van der Waals surface area contributed by atoms with Gasteiger partial charge in [0.1, 0.15) is 11.5 Å². The van der Waals surface area contributed by atoms with Crippen LogP contribution in [-0.4, -0.2) is 35.1 Å². The average Bonchev–Trinajstić information content (AvgIpc) is 4.13. The molecule has 1 aliphatic heterocycles. The zero-order chi connectivity index (χ0) is 49.5. The predicted molar refractivity (Wildman–Crippen MR) is 318 cm³/mol. The fraction of sp³-hybridized carbons (Fsp3) is 0. The highest BCUT2D eigenvalue weighted by molar-refractivity contribution is 7.22. The number of anilines is 3. The average molecular weight is 990 g/mol. The molecular formula is C68H47N5Si2. The van der Waals surface area contributed by atoms with E-state index < -0.39 is 16.1 Å². The molecule has 75 heavy (non-hydrogen) atoms. The van der Waals surface area contributed by atoms with E-state index in [1.54, 1.807) is 0 Å². The summed E-state index contributed by atoms with van der Waals surface area (Å²) < 4.78 is 4.74. The molecule has 4 aromatic heterocycles. The van der Waals surface area contributed by atoms with Gasteiger partial charge in [0, 0.05) is 51.5 Å². The zero-order valence-electron chi connectivity index (χ0n) is 40.9. The summed E-state index contributed by atoms with van der Waals surface area (Å²) in [6, 6.07) is 99.9. The van der Waals surface area contributed by atoms with E-state index in [4.69, 9.17) is 9.97 Å². The Hall–Kier alpha value is -9.41. The number of rotatable bonds is 8. The quantitative estimate of drug-likeness (QED) is 0.0865. The Morgan fingerprint density at radius 2 is 0.947 bits per heavy atom. The largest absolute Gasteiger partial charge is 0.309 e. The van der Waals surface area contributed by atoms with E-state index in [-0.39, 0.29) is 0 Å². The lowest BCUT2D eigenvalue weighted by Crippen LogP contribution is -2.77. The fourth-order valence-electron chi connectivity index (χ4n) is 13.0. The topological polar surface area (TPSA) is 38.4 Å². The highest BCUT2D eigenvalue weighted by atomic mass is 28.3. The summed E-state index contributed by atoms with van der Waals surface area (Å²) in [6.45, 7) is 0. The van der Waals surface area contributed by atoms with Crippen LogP contribution in [0.15, 0.2) is 286 Å². The zero-order valence-corrected chi connectivity index (χ0v) is 42.9. The van der Waals surface area contributed by atoms with E-state index in [0.717, 1.165) is 39.1 Å². The lowest BCUT2D eigenvalue weighted by Gasteiger charge is -2.45. The normalized spacial score (nSPS) is 13.1. The molecule has 10 aromatic carbocycles. The van der Waals surface area contributed by atoms with Crippen LogP contribution in [0.2, 0.25) is 0 Å². The van der Waals surface area contributed by atoms with Gasteiger partial charge in [-0.25, -0.2) is 9.97 Å². The molecule has 1 aliphatic rings. The van der Waals surface area contributed by atoms with Crippen LogP contribution in [0.5, 0.6) is 0 Å². The molecule has 0 saturated carbocycles. The number of para-hydroxylation sites is 3. The summed E-state index contributed by atoms with van der Waals surface area (Å²) in [4.78, 5) is 12.9. The molecule has 14 aromatic rings. The minimum Gasteiger partial charge on any atom is -0.309 e. The van der Waals surface area contributed by atoms with Gasteiger partial charge >= 0.3 is 0 Å². The first kappa shape index (κ1) is 43.2. The lowest BCUT2D eigenvalue weighted by atomic mass is 10.1. The summed E-state index contributed by atoms with van der Waals surface area (Å²) in [6.07, 6.45) is 5.96. The smallest absolute Gasteiger partial charge is 0.184 e. The number of benzene rings is 10. The molecule has 5 heterocycles. The fourth-order valence-corrected chi connectivity index (χ4v) is 22.9. The Balaban J connectivity index is 1.11. The van der Waals surface area contributed by atoms with Crippen molar-refractivity contribution in [2.45, 2.75) is 0 Å². The maximum atomic E-state index is 5.27. The number of pyridine rings is 2. The van der Waals surface area contributed by atoms with Gasteiger partial charge < -0.3 is 4.90 Å². The minimum atomic E-state index is -3.17. The number of fused-ring (bicyclic) bond motifs is 12. The number of nitrogens with zero attached hydrogens (tertiary/aromatic N) is 5. The monoisotopic (exact) mass is 989 g/mol. The third-order valence-corrected chi connectivity index (χ3v) is 25.6. The van der Waals surface area contributed by atoms with E-state index in [2.05, 4.69) is 281 Å². The summed E-state index contributed by atoms with van der Waals surface area (Å²) in [5.41, 5.74) is 7.83. The standard InChI is InChI=1S/C68H47N5Si2/c1-6-22-48(23-7-1)72-61-34-18-19-35-63(61)75(51-28-12-4-13-29-51,52-30-14-5-15-31-52)64-42-41-58-57-40-38-54(47-62(57)73(66(58)67(64)72)65-36-20-21-43-69-65)74(49-24-8-2-9-25-49,50-26-10-3-11-27-50)53-37-39-55-56-32-16-17-33-60(56)71-45-44-70-68(71)59(55)46-53/h1-47H. The molecule has 0 saturated heterocycles. The van der Waals surface area contributed by atoms with Crippen LogP contribution in [0.1, 0.15) is 0 Å². The Morgan fingerprint density at radius 1 is 0.373 bits per heavy atom. The molecule has 0 bridgehead atoms. The number of hydrogen-bond acceptors (Lipinski definition) is 3. The van der Waals surface area contributed by atoms with E-state index >= 15 is 0 Å². The third kappa shape index (κ3) is 6.23. The molecule has 0 aliphatic carbocycles. The van der Waals surface area contributed by atoms with E-state index in [9.17, 15) is 0 Å². The molecule has 0 spiro atoms. The second kappa shape index (κ2) is 17.1. The highest BCUT2D eigenvalue weighted by Gasteiger charge is 2.50. The second-order valence-corrected chi connectivity index (χ2v) is 27.2. The molecule has 7 heteroatoms. The Bertz CT molecular complexity index is 4390. The first-order chi connectivity index (χ1) is 37.2. The van der Waals surface area contributed by atoms with Gasteiger partial charge in [-0.15, -0.1) is 0 Å². The Kier molecular flexibility index (Phi) is 9.85. The van der Waals surface area contributed by atoms with Crippen LogP contribution in [0, 0.1) is 0 Å². The lowest BCUT2D eigenvalue weighted by molar-refractivity contribution is 1.08. The summed E-state index contributed by atoms with van der Waals surface area (Å²) >= 11 is 0. The molecule has 0 fully saturated rings. The van der Waals surface area contributed by atoms with Crippen molar-refractivity contribution in [1.82, 2.24) is 18.9 Å². The number of imidazole rings is 1. The van der Waals surface area contributed by atoms with Gasteiger partial charge in [0.25, 0.3) is 0 Å². The molecule has 352 valence electrons. The molecular weight excluding hydrogens is 943 g/mol. The van der Waals surface area contributed by atoms with Crippen molar-refractivity contribution in [3.63, 3.8) is 0 Å². The van der Waals surface area contributed by atoms with Gasteiger partial charge in [-0.05, 0) is 89.3 Å². The predicted octanol–water partition coefficient (Wildman–Crippen LogP) is 10.7. The number of aromatic nitrogens is 4. The van der Waals surface area contributed by atoms with Crippen molar-refractivity contribution < 1.29 is 0 Å². The van der Waals surface area contributed by atoms with Gasteiger partial charge in [0.05, 0.1) is 22.2 Å². The highest BCUT2D eigenvalue weighted by Crippen LogP contribution is 2.45. The van der Waals surface area contributed by atoms with Crippen LogP contribution in [0.3, 0.4) is 0 Å². The number of hydrogen-bond donors (Lipinski definition) is 0. The van der Waals surface area contributed by atoms with Crippen molar-refractivity contribution in [3.8, 4) is 5.82 Å². The second-order valence-electron chi connectivity index (χ2n) is 19.7. The maximum Gasteiger partial charge on any atom is 0.184 e. The summed E-state index contributed by atoms with van der Waals surface area (Å²) in [5, 5.41) is 16.5. The SMILES string of the molecule is c1ccc(N2c3ccccc3[Si](c3ccccc3)(c3ccccc3)c3ccc4c5ccc([Si](c6ccccc6)(c6ccccc6)c6ccc7c8ccccc8n8ccnc8c7c6)cc5n(-c5ccccn5)c4c32)cc1. The summed E-state index contributed by atoms with van der Waals surface area (Å²) in [7, 11) is -6.21. The van der Waals surface area contributed by atoms with Crippen molar-refractivity contribution in [2.75, 3.05) is 4.90 Å². The molecule has 0 amide bonds. The molecule has 5 nitrogen and oxygen atoms in total. The van der Waals surface area contributed by atoms with Crippen LogP contribution < -0.4 is 46.4 Å². The van der Waals surface area contributed by atoms with E-state index in [0.29, 0.717) is 0 Å². The maximum absolute atomic E-state index is 5.27. The van der Waals surface area contributed by atoms with E-state index in [1.165, 1.54) is 74.4 Å². The third-order valence-electron chi connectivity index (χ3n) is 16.0. The molecule has 0 N–H and O–H groups in total. The van der Waals surface area contributed by atoms with E-state index in [1.807, 2.05) is 18.5 Å². The summed E-state index contributed by atoms with van der Waals surface area (Å²) in [5.74, 6) is 0.868. The molecule has 15 rings (SSSR count). The molecule has 0 radical (unpaired) electrons. The van der Waals surface area contributed by atoms with Gasteiger partial charge in [-0.3, -0.25) is 8.97 Å². The van der Waals surface area contributed by atoms with Crippen LogP contribution in [0.4, 0.5) is 17.1 Å². The van der Waals surface area contributed by atoms with Gasteiger partial charge in [0.2, 0.25) is 0 Å². The Labute approximate surface area is 436 Å². The van der Waals surface area contributed by atoms with Crippen molar-refractivity contribution in [3.05, 3.63) is 286 Å². The molecule has 0 atom stereocenters. The van der Waals surface area contributed by atoms with Gasteiger partial charge in [0.15, 0.2) is 16.1 Å². The molecule has 0 unspecified atom stereocenters. The van der Waals surface area contributed by atoms with Crippen LogP contribution in [-0.2, 0) is 0 Å². The van der Waals surface area contributed by atoms with Crippen LogP contribution in [0.25, 0.3) is 54.9 Å². The van der Waals surface area contributed by atoms with Gasteiger partial charge in [-0.2, -0.15) is 0 Å². The van der Waals surface area contributed by atoms with Crippen LogP contribution >= 0.6 is 0 Å². The first-order valence-electron chi connectivity index (χ1n) is 25.7. The first-order valence-corrected chi connectivity index (χ1v) is 29.7. The van der Waals surface area contributed by atoms with Gasteiger partial charge in [-0.1, -0.05) is 224 Å². The van der Waals surface area contributed by atoms with Crippen molar-refractivity contribution >= 4 is 124 Å². The van der Waals surface area contributed by atoms with Crippen molar-refractivity contribution in [2.24, 2.45) is 0 Å². The minimum absolute atomic E-state index is 0.868.